The fourth-order valence-electron chi connectivity index (χ4n) is 1.36. The van der Waals surface area contributed by atoms with Gasteiger partial charge in [0.05, 0.1) is 11.0 Å². The topological polar surface area (TPSA) is 101 Å². The Morgan fingerprint density at radius 1 is 1.15 bits per heavy atom. The highest BCUT2D eigenvalue weighted by atomic mass is 32.2. The van der Waals surface area contributed by atoms with Crippen LogP contribution in [0.3, 0.4) is 0 Å². The molecule has 0 heterocycles. The van der Waals surface area contributed by atoms with Gasteiger partial charge in [0.15, 0.2) is 0 Å². The van der Waals surface area contributed by atoms with Crippen molar-refractivity contribution in [2.45, 2.75) is 44.6 Å². The summed E-state index contributed by atoms with van der Waals surface area (Å²) in [4.78, 5) is 14.5. The summed E-state index contributed by atoms with van der Waals surface area (Å²) >= 11 is 0. The molecule has 0 amide bonds. The number of aryl methyl sites for hydroxylation is 1. The minimum absolute atomic E-state index is 0.227. The normalized spacial score (nSPS) is 10.9. The smallest absolute Gasteiger partial charge is 0.263 e. The lowest BCUT2D eigenvalue weighted by molar-refractivity contribution is 0.200. The van der Waals surface area contributed by atoms with Crippen molar-refractivity contribution in [3.63, 3.8) is 0 Å². The largest absolute Gasteiger partial charge is 0.692 e. The Hall–Kier alpha value is -0.850. The molecular weight excluding hydrogens is 303 g/mol. The molecule has 20 heavy (non-hydrogen) atoms. The molecule has 0 bridgehead atoms. The molecule has 8 heteroatoms. The van der Waals surface area contributed by atoms with Crippen LogP contribution in [0, 0.1) is 6.92 Å². The molecule has 0 unspecified atom stereocenters. The third kappa shape index (κ3) is 7.67. The summed E-state index contributed by atoms with van der Waals surface area (Å²) in [7, 11) is -6.47. The molecule has 114 valence electrons. The molecule has 0 spiro atoms. The van der Waals surface area contributed by atoms with Gasteiger partial charge < -0.3 is 0 Å². The van der Waals surface area contributed by atoms with Gasteiger partial charge in [0.1, 0.15) is 0 Å². The molecule has 0 aliphatic carbocycles. The molecule has 0 aliphatic heterocycles. The molecule has 2 N–H and O–H groups in total. The van der Waals surface area contributed by atoms with Crippen molar-refractivity contribution >= 4 is 18.4 Å². The predicted octanol–water partition coefficient (Wildman–Crippen LogP) is 2.52. The second kappa shape index (κ2) is 9.15. The van der Waals surface area contributed by atoms with Crippen LogP contribution < -0.4 is 0 Å². The van der Waals surface area contributed by atoms with E-state index >= 15 is 0 Å². The molecule has 6 nitrogen and oxygen atoms in total. The zero-order valence-electron chi connectivity index (χ0n) is 11.7. The number of rotatable bonds is 5. The first-order valence-electron chi connectivity index (χ1n) is 6.07. The van der Waals surface area contributed by atoms with Crippen LogP contribution in [0.1, 0.15) is 32.3 Å². The highest BCUT2D eigenvalue weighted by Crippen LogP contribution is 2.17. The SMILES string of the molecule is CCC(CC)OS(=O)(=O)c1ccc(C)cc1.O=[P+](O)O. The van der Waals surface area contributed by atoms with Crippen LogP contribution in [-0.4, -0.2) is 24.3 Å². The zero-order chi connectivity index (χ0) is 15.8. The van der Waals surface area contributed by atoms with Gasteiger partial charge in [-0.05, 0) is 31.9 Å². The molecule has 0 fully saturated rings. The van der Waals surface area contributed by atoms with Gasteiger partial charge in [0.25, 0.3) is 10.1 Å². The van der Waals surface area contributed by atoms with Crippen molar-refractivity contribution < 1.29 is 27.0 Å². The fraction of sp³-hybridized carbons (Fsp3) is 0.500. The minimum Gasteiger partial charge on any atom is -0.263 e. The maximum absolute atomic E-state index is 11.8. The molecule has 0 aromatic heterocycles. The van der Waals surface area contributed by atoms with E-state index in [1.165, 1.54) is 0 Å². The van der Waals surface area contributed by atoms with Crippen molar-refractivity contribution in [1.29, 1.82) is 0 Å². The van der Waals surface area contributed by atoms with Gasteiger partial charge in [0.2, 0.25) is 0 Å². The highest BCUT2D eigenvalue weighted by Gasteiger charge is 2.19. The van der Waals surface area contributed by atoms with Crippen molar-refractivity contribution in [2.75, 3.05) is 0 Å². The summed E-state index contributed by atoms with van der Waals surface area (Å²) in [5.41, 5.74) is 1.03. The molecular formula is C12H20O6PS+. The molecule has 0 atom stereocenters. The fourth-order valence-corrected chi connectivity index (χ4v) is 2.58. The lowest BCUT2D eigenvalue weighted by atomic mass is 10.2. The molecule has 1 aromatic carbocycles. The van der Waals surface area contributed by atoms with Crippen molar-refractivity contribution in [3.8, 4) is 0 Å². The summed E-state index contributed by atoms with van der Waals surface area (Å²) in [6, 6.07) is 6.69. The van der Waals surface area contributed by atoms with E-state index in [4.69, 9.17) is 18.5 Å². The number of benzene rings is 1. The van der Waals surface area contributed by atoms with E-state index in [1.54, 1.807) is 24.3 Å². The average Bonchev–Trinajstić information content (AvgIpc) is 2.36. The van der Waals surface area contributed by atoms with E-state index < -0.39 is 18.4 Å². The minimum atomic E-state index is -3.60. The highest BCUT2D eigenvalue weighted by molar-refractivity contribution is 7.86. The van der Waals surface area contributed by atoms with Crippen LogP contribution in [0.2, 0.25) is 0 Å². The van der Waals surface area contributed by atoms with Crippen molar-refractivity contribution in [2.24, 2.45) is 0 Å². The van der Waals surface area contributed by atoms with E-state index in [-0.39, 0.29) is 11.0 Å². The average molecular weight is 323 g/mol. The van der Waals surface area contributed by atoms with E-state index in [0.29, 0.717) is 12.8 Å². The van der Waals surface area contributed by atoms with Gasteiger partial charge in [-0.15, -0.1) is 9.79 Å². The molecule has 0 radical (unpaired) electrons. The lowest BCUT2D eigenvalue weighted by Crippen LogP contribution is -2.17. The van der Waals surface area contributed by atoms with Crippen LogP contribution >= 0.6 is 8.25 Å². The Morgan fingerprint density at radius 3 is 1.90 bits per heavy atom. The first kappa shape index (κ1) is 19.1. The summed E-state index contributed by atoms with van der Waals surface area (Å²) in [5.74, 6) is 0. The van der Waals surface area contributed by atoms with Crippen LogP contribution in [0.15, 0.2) is 29.2 Å². The third-order valence-electron chi connectivity index (χ3n) is 2.48. The van der Waals surface area contributed by atoms with E-state index in [1.807, 2.05) is 20.8 Å². The van der Waals surface area contributed by atoms with Gasteiger partial charge in [-0.25, -0.2) is 0 Å². The third-order valence-corrected chi connectivity index (χ3v) is 3.86. The van der Waals surface area contributed by atoms with E-state index in [0.717, 1.165) is 5.56 Å². The maximum Gasteiger partial charge on any atom is 0.692 e. The van der Waals surface area contributed by atoms with Crippen molar-refractivity contribution in [3.05, 3.63) is 29.8 Å². The van der Waals surface area contributed by atoms with Crippen LogP contribution in [-0.2, 0) is 18.9 Å². The van der Waals surface area contributed by atoms with E-state index in [2.05, 4.69) is 0 Å². The Balaban J connectivity index is 0.000000796. The molecule has 1 rings (SSSR count). The molecule has 0 aliphatic rings. The molecule has 0 saturated carbocycles. The lowest BCUT2D eigenvalue weighted by Gasteiger charge is -2.13. The number of hydrogen-bond donors (Lipinski definition) is 2. The predicted molar refractivity (Wildman–Crippen MR) is 75.9 cm³/mol. The zero-order valence-corrected chi connectivity index (χ0v) is 13.4. The van der Waals surface area contributed by atoms with Crippen LogP contribution in [0.5, 0.6) is 0 Å². The first-order valence-corrected chi connectivity index (χ1v) is 8.65. The van der Waals surface area contributed by atoms with Gasteiger partial charge in [-0.1, -0.05) is 31.5 Å². The maximum atomic E-state index is 11.8. The Bertz CT molecular complexity index is 503. The van der Waals surface area contributed by atoms with E-state index in [9.17, 15) is 8.42 Å². The van der Waals surface area contributed by atoms with Gasteiger partial charge in [0, 0.05) is 4.57 Å². The van der Waals surface area contributed by atoms with Gasteiger partial charge in [-0.3, -0.25) is 4.18 Å². The number of hydrogen-bond acceptors (Lipinski definition) is 4. The second-order valence-corrected chi connectivity index (χ2v) is 6.13. The van der Waals surface area contributed by atoms with Gasteiger partial charge >= 0.3 is 8.25 Å². The quantitative estimate of drug-likeness (QED) is 0.638. The molecule has 0 saturated heterocycles. The standard InChI is InChI=1S/C12H18O3S.HO3P/c1-4-11(5-2)15-16(13,14)12-8-6-10(3)7-9-12;1-4(2)3/h6-9,11H,4-5H2,1-3H3;(H-,1,2,3)/p+1. The monoisotopic (exact) mass is 323 g/mol. The second-order valence-electron chi connectivity index (χ2n) is 4.05. The molecule has 1 aromatic rings. The Labute approximate surface area is 120 Å². The Morgan fingerprint density at radius 2 is 1.55 bits per heavy atom. The summed E-state index contributed by atoms with van der Waals surface area (Å²) in [6.45, 7) is 5.75. The summed E-state index contributed by atoms with van der Waals surface area (Å²) in [5, 5.41) is 0. The van der Waals surface area contributed by atoms with Crippen LogP contribution in [0.4, 0.5) is 0 Å². The van der Waals surface area contributed by atoms with Gasteiger partial charge in [-0.2, -0.15) is 8.42 Å². The Kier molecular flexibility index (Phi) is 8.76. The van der Waals surface area contributed by atoms with Crippen molar-refractivity contribution in [1.82, 2.24) is 0 Å². The summed E-state index contributed by atoms with van der Waals surface area (Å²) in [6.07, 6.45) is 1.16. The van der Waals surface area contributed by atoms with Crippen LogP contribution in [0.25, 0.3) is 0 Å². The summed E-state index contributed by atoms with van der Waals surface area (Å²) < 4.78 is 37.5. The first-order chi connectivity index (χ1) is 9.22.